The molecule has 0 radical (unpaired) electrons. The number of carboxylic acid groups (broad SMARTS) is 1. The number of amides is 6. The number of aliphatic carboxylic acids is 1. The van der Waals surface area contributed by atoms with Gasteiger partial charge in [-0.3, -0.25) is 33.8 Å². The monoisotopic (exact) mass is 2260 g/mol. The number of anilines is 2. The number of hydrogen-bond donors (Lipinski definition) is 8. The summed E-state index contributed by atoms with van der Waals surface area (Å²) in [5.41, 5.74) is -2.30. The van der Waals surface area contributed by atoms with E-state index >= 15 is 0 Å². The van der Waals surface area contributed by atoms with E-state index in [0.717, 1.165) is 70.3 Å². The van der Waals surface area contributed by atoms with Gasteiger partial charge in [0.1, 0.15) is 123 Å². The van der Waals surface area contributed by atoms with Gasteiger partial charge in [-0.15, -0.1) is 13.2 Å². The normalized spacial score (nSPS) is 26.0. The Morgan fingerprint density at radius 3 is 1.42 bits per heavy atom. The number of nitrogens with zero attached hydrogens (tertiary/aromatic N) is 8. The number of halogens is 3. The molecule has 744 valence electrons. The van der Waals surface area contributed by atoms with Crippen LogP contribution in [0.15, 0.2) is 83.1 Å². The Labute approximate surface area is 941 Å². The molecule has 2 aromatic carbocycles. The van der Waals surface area contributed by atoms with Crippen molar-refractivity contribution in [2.24, 2.45) is 46.3 Å². The average molecular weight is 2260 g/mol. The van der Waals surface area contributed by atoms with Gasteiger partial charge in [0.05, 0.1) is 69.0 Å². The van der Waals surface area contributed by atoms with Crippen molar-refractivity contribution in [3.05, 3.63) is 84.3 Å². The minimum atomic E-state index is -1.55. The van der Waals surface area contributed by atoms with Crippen molar-refractivity contribution < 1.29 is 249 Å². The maximum Gasteiger partial charge on any atom is 1.00 e. The summed E-state index contributed by atoms with van der Waals surface area (Å²) in [5, 5.41) is 48.9. The molecule has 6 saturated carbocycles. The van der Waals surface area contributed by atoms with E-state index in [9.17, 15) is 48.6 Å². The Kier molecular flexibility index (Phi) is 38.4. The number of carbonyl (C=O) groups excluding carboxylic acids is 8. The molecule has 42 heteroatoms. The number of esters is 1. The van der Waals surface area contributed by atoms with Crippen LogP contribution in [-0.2, 0) is 62.1 Å². The molecule has 138 heavy (non-hydrogen) atoms. The Balaban J connectivity index is 0.000000246. The number of phenolic OH excluding ortho intramolecular Hbond substituents is 1. The number of carbonyl (C=O) groups is 9. The summed E-state index contributed by atoms with van der Waals surface area (Å²) in [5.74, 6) is -1.69. The van der Waals surface area contributed by atoms with Crippen LogP contribution in [0.25, 0.3) is 44.6 Å². The van der Waals surface area contributed by atoms with Crippen LogP contribution in [0.4, 0.5) is 21.6 Å². The Hall–Kier alpha value is -6.25. The summed E-state index contributed by atoms with van der Waals surface area (Å²) in [6.07, 6.45) is 8.70. The van der Waals surface area contributed by atoms with Crippen molar-refractivity contribution in [1.29, 1.82) is 0 Å². The summed E-state index contributed by atoms with van der Waals surface area (Å²) in [6, 6.07) is 6.19. The first-order valence-corrected chi connectivity index (χ1v) is 48.3. The van der Waals surface area contributed by atoms with Crippen LogP contribution in [0.2, 0.25) is 10.0 Å². The quantitative estimate of drug-likeness (QED) is 0.00476. The Morgan fingerprint density at radius 1 is 0.609 bits per heavy atom. The number of alkyl carbamates (subject to hydrolysis) is 2. The third-order valence-electron chi connectivity index (χ3n) is 26.9. The Morgan fingerprint density at radius 2 is 1.03 bits per heavy atom. The van der Waals surface area contributed by atoms with Crippen LogP contribution in [0, 0.1) is 46.3 Å². The minimum absolute atomic E-state index is 0. The molecular formula is C96H129BrCl2Cs2N14O23. The maximum absolute atomic E-state index is 14.8. The van der Waals surface area contributed by atoms with Crippen LogP contribution in [-0.4, -0.2) is 272 Å². The van der Waals surface area contributed by atoms with Crippen molar-refractivity contribution in [1.82, 2.24) is 60.8 Å². The number of hydrogen-bond acceptors (Lipinski definition) is 30. The smallest absolute Gasteiger partial charge is 1.00 e. The molecule has 10 aliphatic rings. The largest absolute Gasteiger partial charge is 1.00 e. The van der Waals surface area contributed by atoms with Gasteiger partial charge in [-0.25, -0.2) is 29.1 Å². The number of aromatic hydroxyl groups is 1. The van der Waals surface area contributed by atoms with Gasteiger partial charge in [0, 0.05) is 102 Å². The van der Waals surface area contributed by atoms with Gasteiger partial charge < -0.3 is 110 Å². The first kappa shape index (κ1) is 112. The van der Waals surface area contributed by atoms with E-state index in [0.29, 0.717) is 119 Å². The minimum Gasteiger partial charge on any atom is -1.00 e. The fourth-order valence-corrected chi connectivity index (χ4v) is 19.9. The zero-order valence-corrected chi connectivity index (χ0v) is 97.4. The summed E-state index contributed by atoms with van der Waals surface area (Å²) < 4.78 is 58.7. The summed E-state index contributed by atoms with van der Waals surface area (Å²) in [6.45, 7) is 41.7. The van der Waals surface area contributed by atoms with Gasteiger partial charge in [0.2, 0.25) is 23.6 Å². The van der Waals surface area contributed by atoms with Gasteiger partial charge in [-0.05, 0) is 166 Å². The SMILES string of the molecule is C=C[C@@H]1C[C@]1(NC(=O)[C@@H]1C[C@@H](Oc2cc(-c3coc(NC(C)C)n3)nc3c(Cl)c(O)ccc23)CN1C(=O)[C@@H](NC(=O)OC1C[C@@H]2C[C@@H]2C1)C(C)(C)C)C(=O)OC.C=C[C@@H]1C[C@]1(NC(=O)[C@@H]1C[C@@H](Oc2cc(-c3coc(NC(C)C)n3)nc3c(Cl)c(OCCN4CCOCC4(C)C)ccc23)CN1C(=O)[C@@H](NC(=O)OC1C[C@@H]2C[C@@H]2C1)C(C)(C)C)C(=O)O.CC1(C)COCCN1CCBr.O=CO[O-].[Cs+].[Cs+].[H-]. The molecule has 8 N–H and O–H groups in total. The molecule has 16 atom stereocenters. The predicted molar refractivity (Wildman–Crippen MR) is 506 cm³/mol. The third kappa shape index (κ3) is 27.1. The van der Waals surface area contributed by atoms with Crippen LogP contribution in [0.3, 0.4) is 0 Å². The van der Waals surface area contributed by atoms with E-state index in [1.54, 1.807) is 36.4 Å². The van der Waals surface area contributed by atoms with E-state index in [1.807, 2.05) is 69.2 Å². The standard InChI is InChI=1S/C47H62ClN7O10.C40H49ClN6O9.C8H16BrNO.CH2O3.2Cs.H/c1-9-28-21-47(28,42(58)59)53-40(56)34-19-30(22-55(34)41(57)39(45(4,5)6)52-44(60)65-29-17-26-16-27(26)18-29)64-36-20-32(33-23-63-43(51-33)49-25(2)3)50-38-31(36)10-11-35(37(38)48)62-15-13-54-12-14-61-24-46(54,7)8;1-8-22-16-40(22,36(51)53-7)46-34(49)28-14-24(17-47(28)35(50)33(39(4,5)6)45-38(52)56-23-12-20-11-21(20)13-23)55-30-15-26(27-18-54-37(44-27)42-19(2)3)43-32-25(30)9-10-29(48)31(32)41;1-8(2)7-11-6-5-10(8)4-3-9;2-1-4-3;;;/h9-11,20,23,25-30,34,39H,1,12-19,21-22,24H2,2-8H3,(H,49,51)(H,52,60)(H,53,56)(H,58,59);8-10,15,18-24,28,33,48H,1,11-14,16-17H2,2-7H3,(H,42,44)(H,45,52)(H,46,49);3-7H2,1-2H3;1,3H;;;/q;;;;2*+1;-1/p-1/t26-,27+,28-,29?,30-,34+,39-,47-;20-,21+,22-,23?,24-,28+,33-,40-;;;;;/m11...../s1. The van der Waals surface area contributed by atoms with Crippen molar-refractivity contribution in [2.45, 2.75) is 244 Å². The summed E-state index contributed by atoms with van der Waals surface area (Å²) >= 11 is 17.2. The second kappa shape index (κ2) is 47.3. The zero-order valence-electron chi connectivity index (χ0n) is 82.7. The third-order valence-corrected chi connectivity index (χ3v) is 28.0. The molecule has 6 amide bonds. The predicted octanol–water partition coefficient (Wildman–Crippen LogP) is 5.92. The molecule has 16 rings (SSSR count). The number of likely N-dealkylation sites (tertiary alicyclic amines) is 2. The van der Waals surface area contributed by atoms with Crippen molar-refractivity contribution in [2.75, 3.05) is 95.4 Å². The zero-order chi connectivity index (χ0) is 98.6. The summed E-state index contributed by atoms with van der Waals surface area (Å²) in [4.78, 5) is 148. The molecule has 8 heterocycles. The van der Waals surface area contributed by atoms with E-state index < -0.39 is 112 Å². The number of rotatable bonds is 31. The molecule has 6 aromatic rings. The number of phenols is 1. The van der Waals surface area contributed by atoms with E-state index in [4.69, 9.17) is 85.0 Å². The molecule has 4 saturated heterocycles. The van der Waals surface area contributed by atoms with E-state index in [1.165, 1.54) is 48.0 Å². The van der Waals surface area contributed by atoms with Crippen molar-refractivity contribution in [3.63, 3.8) is 0 Å². The number of morpholine rings is 2. The van der Waals surface area contributed by atoms with Crippen molar-refractivity contribution >= 4 is 127 Å². The number of pyridine rings is 2. The number of benzene rings is 2. The number of alkyl halides is 1. The molecule has 6 aliphatic carbocycles. The molecule has 37 nitrogen and oxygen atoms in total. The van der Waals surface area contributed by atoms with Crippen LogP contribution in [0.1, 0.15) is 163 Å². The van der Waals surface area contributed by atoms with Crippen molar-refractivity contribution in [3.8, 4) is 45.8 Å². The number of nitrogens with one attached hydrogen (secondary N) is 6. The van der Waals surface area contributed by atoms with Crippen LogP contribution in [0.5, 0.6) is 23.0 Å². The molecule has 4 aromatic heterocycles. The van der Waals surface area contributed by atoms with Gasteiger partial charge in [-0.2, -0.15) is 9.97 Å². The number of carboxylic acids is 1. The molecule has 2 unspecified atom stereocenters. The van der Waals surface area contributed by atoms with Crippen LogP contribution < -0.4 is 189 Å². The van der Waals surface area contributed by atoms with E-state index in [-0.39, 0.29) is 247 Å². The van der Waals surface area contributed by atoms with Crippen LogP contribution >= 0.6 is 39.1 Å². The fourth-order valence-electron chi connectivity index (χ4n) is 19.0. The second-order valence-corrected chi connectivity index (χ2v) is 42.4. The Bertz CT molecular complexity index is 5400. The molecule has 4 aliphatic heterocycles. The average Bonchev–Trinajstić information content (AvgIpc) is 1.60. The number of oxazole rings is 2. The van der Waals surface area contributed by atoms with Gasteiger partial charge in [-0.1, -0.05) is 92.8 Å². The first-order chi connectivity index (χ1) is 64.3. The fraction of sp³-hybridized carbons (Fsp3) is 0.615. The number of ether oxygens (including phenoxy) is 8. The van der Waals surface area contributed by atoms with Gasteiger partial charge in [0.15, 0.2) is 0 Å². The molecule has 0 bridgehead atoms. The van der Waals surface area contributed by atoms with E-state index in [2.05, 4.69) is 118 Å². The number of aromatic nitrogens is 4. The topological polar surface area (TPSA) is 463 Å². The second-order valence-electron chi connectivity index (χ2n) is 40.9. The maximum atomic E-state index is 14.8. The number of methoxy groups -OCH3 is 1. The number of fused-ring (bicyclic) bond motifs is 4. The first-order valence-electron chi connectivity index (χ1n) is 46.4. The molecular weight excluding hydrogens is 2130 g/mol. The van der Waals surface area contributed by atoms with Gasteiger partial charge >= 0.3 is 162 Å². The molecule has 0 spiro atoms. The summed E-state index contributed by atoms with van der Waals surface area (Å²) in [7, 11) is 1.25. The van der Waals surface area contributed by atoms with Gasteiger partial charge in [0.25, 0.3) is 18.5 Å². The molecule has 10 fully saturated rings.